The van der Waals surface area contributed by atoms with Crippen molar-refractivity contribution in [1.29, 1.82) is 5.41 Å². The lowest BCUT2D eigenvalue weighted by atomic mass is 9.96. The maximum absolute atomic E-state index is 12.4. The molecule has 2 amide bonds. The molecule has 1 aromatic carbocycles. The van der Waals surface area contributed by atoms with Gasteiger partial charge in [0.25, 0.3) is 0 Å². The molecule has 1 saturated heterocycles. The molecule has 27 heavy (non-hydrogen) atoms. The van der Waals surface area contributed by atoms with E-state index in [9.17, 15) is 19.5 Å². The normalized spacial score (nSPS) is 15.7. The Morgan fingerprint density at radius 3 is 2.48 bits per heavy atom. The van der Waals surface area contributed by atoms with E-state index in [1.54, 1.807) is 36.1 Å². The number of benzene rings is 1. The number of likely N-dealkylation sites (tertiary alicyclic amines) is 1. The van der Waals surface area contributed by atoms with Crippen molar-refractivity contribution < 1.29 is 24.2 Å². The second kappa shape index (κ2) is 9.82. The minimum Gasteiger partial charge on any atom is -0.399 e. The van der Waals surface area contributed by atoms with Crippen molar-refractivity contribution in [2.75, 3.05) is 13.1 Å². The largest absolute Gasteiger partial charge is 0.413 e. The summed E-state index contributed by atoms with van der Waals surface area (Å²) in [7, 11) is 0. The molecule has 0 aromatic heterocycles. The Morgan fingerprint density at radius 1 is 1.26 bits per heavy atom. The number of alkyl carbamates (subject to hydrolysis) is 1. The number of ether oxygens (including phenoxy) is 1. The smallest absolute Gasteiger partial charge is 0.399 e. The first-order chi connectivity index (χ1) is 12.9. The van der Waals surface area contributed by atoms with Crippen LogP contribution in [0.15, 0.2) is 24.3 Å². The fraction of sp³-hybridized carbons (Fsp3) is 0.474. The van der Waals surface area contributed by atoms with Gasteiger partial charge in [-0.05, 0) is 18.4 Å². The minimum atomic E-state index is -0.724. The number of hydrogen-bond donors (Lipinski definition) is 2. The van der Waals surface area contributed by atoms with Gasteiger partial charge in [0.1, 0.15) is 0 Å². The van der Waals surface area contributed by atoms with Crippen molar-refractivity contribution in [2.24, 2.45) is 5.92 Å². The van der Waals surface area contributed by atoms with Crippen molar-refractivity contribution in [3.8, 4) is 0 Å². The molecule has 1 aliphatic rings. The number of rotatable bonds is 7. The first kappa shape index (κ1) is 20.6. The van der Waals surface area contributed by atoms with Gasteiger partial charge in [0.2, 0.25) is 5.91 Å². The summed E-state index contributed by atoms with van der Waals surface area (Å²) in [6.07, 6.45) is 0.274. The van der Waals surface area contributed by atoms with Gasteiger partial charge in [0.15, 0.2) is 12.2 Å². The highest BCUT2D eigenvalue weighted by atomic mass is 16.5. The number of piperidine rings is 1. The summed E-state index contributed by atoms with van der Waals surface area (Å²) < 4.78 is 4.33. The van der Waals surface area contributed by atoms with Crippen LogP contribution in [0.3, 0.4) is 0 Å². The molecule has 1 aliphatic heterocycles. The van der Waals surface area contributed by atoms with Crippen LogP contribution in [0.5, 0.6) is 0 Å². The second-order valence-electron chi connectivity index (χ2n) is 6.63. The van der Waals surface area contributed by atoms with Crippen LogP contribution < -0.4 is 5.32 Å². The van der Waals surface area contributed by atoms with E-state index in [1.165, 1.54) is 0 Å². The fourth-order valence-corrected chi connectivity index (χ4v) is 2.95. The standard InChI is InChI=1S/C19H24N3O5/c1-13(18(25)22-8-6-16(23)7-9-22)10-17(24)15-4-2-14(3-5-15)11-21-19(26)27-12-20/h2-5,12-13,16,20H,6-11H2,1H3,(H,21,26). The van der Waals surface area contributed by atoms with E-state index in [0.29, 0.717) is 37.9 Å². The Morgan fingerprint density at radius 2 is 1.89 bits per heavy atom. The van der Waals surface area contributed by atoms with Crippen LogP contribution in [0.1, 0.15) is 42.1 Å². The molecular weight excluding hydrogens is 350 g/mol. The summed E-state index contributed by atoms with van der Waals surface area (Å²) in [5.41, 5.74) is 1.27. The van der Waals surface area contributed by atoms with E-state index in [-0.39, 0.29) is 24.7 Å². The molecule has 0 saturated carbocycles. The van der Waals surface area contributed by atoms with Gasteiger partial charge in [-0.1, -0.05) is 31.2 Å². The topological polar surface area (TPSA) is 119 Å². The Kier molecular flexibility index (Phi) is 7.48. The number of carbonyl (C=O) groups excluding carboxylic acids is 3. The van der Waals surface area contributed by atoms with E-state index < -0.39 is 18.1 Å². The van der Waals surface area contributed by atoms with Crippen molar-refractivity contribution in [1.82, 2.24) is 10.2 Å². The zero-order valence-corrected chi connectivity index (χ0v) is 15.3. The molecule has 2 rings (SSSR count). The van der Waals surface area contributed by atoms with Crippen LogP contribution in [-0.4, -0.2) is 48.3 Å². The first-order valence-corrected chi connectivity index (χ1v) is 8.91. The number of Topliss-reactive ketones (excluding diaryl/α,β-unsaturated/α-hetero) is 1. The van der Waals surface area contributed by atoms with Crippen molar-refractivity contribution in [3.05, 3.63) is 35.4 Å². The van der Waals surface area contributed by atoms with E-state index in [4.69, 9.17) is 5.41 Å². The molecule has 2 N–H and O–H groups in total. The van der Waals surface area contributed by atoms with Crippen LogP contribution >= 0.6 is 0 Å². The zero-order chi connectivity index (χ0) is 19.8. The van der Waals surface area contributed by atoms with Crippen molar-refractivity contribution in [3.63, 3.8) is 0 Å². The van der Waals surface area contributed by atoms with Crippen LogP contribution in [0, 0.1) is 11.3 Å². The summed E-state index contributed by atoms with van der Waals surface area (Å²) in [5, 5.41) is 20.5. The van der Waals surface area contributed by atoms with Gasteiger partial charge in [-0.3, -0.25) is 15.0 Å². The Balaban J connectivity index is 1.85. The number of amides is 2. The lowest BCUT2D eigenvalue weighted by Gasteiger charge is -2.30. The maximum atomic E-state index is 12.4. The molecule has 145 valence electrons. The van der Waals surface area contributed by atoms with Gasteiger partial charge in [0.05, 0.1) is 6.10 Å². The third-order valence-corrected chi connectivity index (χ3v) is 4.55. The monoisotopic (exact) mass is 374 g/mol. The molecule has 8 heteroatoms. The Bertz CT molecular complexity index is 681. The highest BCUT2D eigenvalue weighted by Gasteiger charge is 2.27. The quantitative estimate of drug-likeness (QED) is 0.432. The third kappa shape index (κ3) is 6.18. The molecule has 1 radical (unpaired) electrons. The third-order valence-electron chi connectivity index (χ3n) is 4.55. The predicted octanol–water partition coefficient (Wildman–Crippen LogP) is 2.15. The molecule has 0 aliphatic carbocycles. The summed E-state index contributed by atoms with van der Waals surface area (Å²) in [6.45, 7) is 2.88. The van der Waals surface area contributed by atoms with Gasteiger partial charge < -0.3 is 15.0 Å². The van der Waals surface area contributed by atoms with Crippen LogP contribution in [0.2, 0.25) is 0 Å². The van der Waals surface area contributed by atoms with Crippen molar-refractivity contribution in [2.45, 2.75) is 38.8 Å². The van der Waals surface area contributed by atoms with Crippen LogP contribution in [-0.2, 0) is 21.2 Å². The van der Waals surface area contributed by atoms with Gasteiger partial charge in [-0.2, -0.15) is 0 Å². The molecule has 1 heterocycles. The fourth-order valence-electron chi connectivity index (χ4n) is 2.95. The molecule has 0 spiro atoms. The Hall–Kier alpha value is -2.74. The molecule has 1 unspecified atom stereocenters. The number of hydrogen-bond acceptors (Lipinski definition) is 5. The van der Waals surface area contributed by atoms with Crippen LogP contribution in [0.25, 0.3) is 0 Å². The summed E-state index contributed by atoms with van der Waals surface area (Å²) >= 11 is 0. The maximum Gasteiger partial charge on any atom is 0.413 e. The number of nitrogens with one attached hydrogen (secondary N) is 2. The average Bonchev–Trinajstić information content (AvgIpc) is 2.67. The Labute approximate surface area is 158 Å². The second-order valence-corrected chi connectivity index (χ2v) is 6.63. The van der Waals surface area contributed by atoms with E-state index in [2.05, 4.69) is 10.1 Å². The highest BCUT2D eigenvalue weighted by molar-refractivity contribution is 5.98. The van der Waals surface area contributed by atoms with Gasteiger partial charge >= 0.3 is 6.09 Å². The predicted molar refractivity (Wildman–Crippen MR) is 96.9 cm³/mol. The lowest BCUT2D eigenvalue weighted by Crippen LogP contribution is -2.42. The molecule has 1 fully saturated rings. The zero-order valence-electron chi connectivity index (χ0n) is 15.3. The lowest BCUT2D eigenvalue weighted by molar-refractivity contribution is -0.137. The van der Waals surface area contributed by atoms with E-state index >= 15 is 0 Å². The number of carbonyl (C=O) groups is 3. The SMILES string of the molecule is CC(CC(=O)c1ccc(CNC(=O)OC=N)cc1)C(=O)N1CCC([O])CC1. The summed E-state index contributed by atoms with van der Waals surface area (Å²) in [6, 6.07) is 6.73. The molecular formula is C19H24N3O5. The van der Waals surface area contributed by atoms with Crippen LogP contribution in [0.4, 0.5) is 4.79 Å². The minimum absolute atomic E-state index is 0.0826. The van der Waals surface area contributed by atoms with Gasteiger partial charge in [0, 0.05) is 37.5 Å². The first-order valence-electron chi connectivity index (χ1n) is 8.91. The molecule has 1 atom stereocenters. The number of ketones is 1. The van der Waals surface area contributed by atoms with E-state index in [1.807, 2.05) is 0 Å². The number of nitrogens with zero attached hydrogens (tertiary/aromatic N) is 1. The molecule has 0 bridgehead atoms. The molecule has 8 nitrogen and oxygen atoms in total. The summed E-state index contributed by atoms with van der Waals surface area (Å²) in [5.74, 6) is -0.643. The van der Waals surface area contributed by atoms with Crippen molar-refractivity contribution >= 4 is 24.2 Å². The average molecular weight is 374 g/mol. The van der Waals surface area contributed by atoms with Gasteiger partial charge in [-0.25, -0.2) is 9.90 Å². The van der Waals surface area contributed by atoms with Gasteiger partial charge in [-0.15, -0.1) is 0 Å². The van der Waals surface area contributed by atoms with E-state index in [0.717, 1.165) is 5.56 Å². The highest BCUT2D eigenvalue weighted by Crippen LogP contribution is 2.17. The summed E-state index contributed by atoms with van der Waals surface area (Å²) in [4.78, 5) is 37.7. The molecule has 1 aromatic rings.